The third-order valence-electron chi connectivity index (χ3n) is 6.95. The van der Waals surface area contributed by atoms with Crippen molar-refractivity contribution in [3.8, 4) is 0 Å². The van der Waals surface area contributed by atoms with Crippen LogP contribution in [0.1, 0.15) is 52.9 Å². The number of fused-ring (bicyclic) bond motifs is 5. The van der Waals surface area contributed by atoms with Gasteiger partial charge in [-0.3, -0.25) is 4.79 Å². The number of rotatable bonds is 9. The Bertz CT molecular complexity index is 800. The van der Waals surface area contributed by atoms with Crippen molar-refractivity contribution >= 4 is 11.9 Å². The van der Waals surface area contributed by atoms with E-state index in [9.17, 15) is 9.59 Å². The zero-order valence-corrected chi connectivity index (χ0v) is 18.4. The van der Waals surface area contributed by atoms with E-state index >= 15 is 0 Å². The van der Waals surface area contributed by atoms with E-state index in [1.807, 2.05) is 25.2 Å². The summed E-state index contributed by atoms with van der Waals surface area (Å²) in [4.78, 5) is 24.5. The third kappa shape index (κ3) is 4.38. The van der Waals surface area contributed by atoms with Gasteiger partial charge in [-0.15, -0.1) is 6.58 Å². The zero-order valence-electron chi connectivity index (χ0n) is 18.4. The molecule has 4 nitrogen and oxygen atoms in total. The highest BCUT2D eigenvalue weighted by molar-refractivity contribution is 5.88. The molecule has 0 spiro atoms. The molecule has 30 heavy (non-hydrogen) atoms. The fourth-order valence-corrected chi connectivity index (χ4v) is 5.71. The van der Waals surface area contributed by atoms with Gasteiger partial charge in [0.2, 0.25) is 0 Å². The molecule has 3 aliphatic rings. The van der Waals surface area contributed by atoms with Crippen LogP contribution in [-0.4, -0.2) is 24.1 Å². The molecule has 2 fully saturated rings. The maximum absolute atomic E-state index is 12.7. The van der Waals surface area contributed by atoms with Crippen LogP contribution >= 0.6 is 0 Å². The molecule has 0 saturated heterocycles. The minimum atomic E-state index is -0.391. The number of carbonyl (C=O) groups is 2. The summed E-state index contributed by atoms with van der Waals surface area (Å²) >= 11 is 0. The topological polar surface area (TPSA) is 52.6 Å². The van der Waals surface area contributed by atoms with Crippen LogP contribution in [-0.2, 0) is 19.1 Å². The normalized spacial score (nSPS) is 32.1. The highest BCUT2D eigenvalue weighted by Gasteiger charge is 2.63. The summed E-state index contributed by atoms with van der Waals surface area (Å²) in [6, 6.07) is 0. The van der Waals surface area contributed by atoms with Crippen molar-refractivity contribution in [2.24, 2.45) is 23.7 Å². The Morgan fingerprint density at radius 3 is 2.53 bits per heavy atom. The first-order chi connectivity index (χ1) is 14.4. The van der Waals surface area contributed by atoms with Gasteiger partial charge in [-0.1, -0.05) is 42.5 Å². The third-order valence-corrected chi connectivity index (χ3v) is 6.95. The Labute approximate surface area is 180 Å². The quantitative estimate of drug-likeness (QED) is 0.287. The minimum Gasteiger partial charge on any atom is -0.458 e. The van der Waals surface area contributed by atoms with Crippen LogP contribution in [0.25, 0.3) is 0 Å². The van der Waals surface area contributed by atoms with Crippen molar-refractivity contribution in [1.82, 2.24) is 0 Å². The molecule has 3 aliphatic carbocycles. The van der Waals surface area contributed by atoms with Crippen molar-refractivity contribution in [1.29, 1.82) is 0 Å². The number of esters is 2. The second-order valence-corrected chi connectivity index (χ2v) is 8.75. The van der Waals surface area contributed by atoms with Crippen LogP contribution in [0.4, 0.5) is 0 Å². The molecule has 0 heterocycles. The summed E-state index contributed by atoms with van der Waals surface area (Å²) in [6.07, 6.45) is 13.6. The molecule has 162 valence electrons. The van der Waals surface area contributed by atoms with Crippen molar-refractivity contribution in [2.45, 2.75) is 65.1 Å². The molecule has 6 atom stereocenters. The molecular formula is C26H34O4. The molecule has 6 unspecified atom stereocenters. The Morgan fingerprint density at radius 1 is 1.13 bits per heavy atom. The predicted molar refractivity (Wildman–Crippen MR) is 118 cm³/mol. The average molecular weight is 411 g/mol. The van der Waals surface area contributed by atoms with Crippen molar-refractivity contribution in [3.05, 3.63) is 60.3 Å². The predicted octanol–water partition coefficient (Wildman–Crippen LogP) is 5.48. The summed E-state index contributed by atoms with van der Waals surface area (Å²) in [7, 11) is 0. The Hall–Kier alpha value is -2.36. The summed E-state index contributed by atoms with van der Waals surface area (Å²) in [5.41, 5.74) is 3.23. The molecule has 0 aromatic carbocycles. The summed E-state index contributed by atoms with van der Waals surface area (Å²) < 4.78 is 11.7. The molecular weight excluding hydrogens is 376 g/mol. The summed E-state index contributed by atoms with van der Waals surface area (Å²) in [5.74, 6) is 0.595. The molecule has 0 aliphatic heterocycles. The first kappa shape index (κ1) is 22.3. The van der Waals surface area contributed by atoms with Crippen LogP contribution in [0.15, 0.2) is 60.3 Å². The lowest BCUT2D eigenvalue weighted by atomic mass is 9.76. The van der Waals surface area contributed by atoms with Crippen LogP contribution in [0.2, 0.25) is 0 Å². The molecule has 2 saturated carbocycles. The smallest absolute Gasteiger partial charge is 0.333 e. The van der Waals surface area contributed by atoms with Crippen molar-refractivity contribution in [2.75, 3.05) is 0 Å². The monoisotopic (exact) mass is 410 g/mol. The summed E-state index contributed by atoms with van der Waals surface area (Å²) in [6.45, 7) is 13.3. The average Bonchev–Trinajstić information content (AvgIpc) is 3.33. The fourth-order valence-electron chi connectivity index (χ4n) is 5.71. The van der Waals surface area contributed by atoms with Crippen LogP contribution < -0.4 is 0 Å². The van der Waals surface area contributed by atoms with Crippen LogP contribution in [0.5, 0.6) is 0 Å². The van der Waals surface area contributed by atoms with Gasteiger partial charge in [0.1, 0.15) is 12.2 Å². The first-order valence-electron chi connectivity index (χ1n) is 11.0. The standard InChI is InChI=1S/C26H34O4/c1-6-8-10-12-16(3)26(28)30-25-22-15-21(24(25)29-18(5)27)20-14-19(13-11-9-7-2)17(4)23(20)22/h6-8,11,13,20-25H,2-3,9-10,12,14-15H2,1,4-5H3/b8-6-,13-11-. The van der Waals surface area contributed by atoms with Gasteiger partial charge in [-0.25, -0.2) is 4.79 Å². The Kier molecular flexibility index (Phi) is 7.17. The lowest BCUT2D eigenvalue weighted by molar-refractivity contribution is -0.172. The highest BCUT2D eigenvalue weighted by atomic mass is 16.6. The van der Waals surface area contributed by atoms with Gasteiger partial charge in [0, 0.05) is 24.3 Å². The molecule has 0 aromatic rings. The van der Waals surface area contributed by atoms with Gasteiger partial charge in [0.25, 0.3) is 0 Å². The van der Waals surface area contributed by atoms with Crippen LogP contribution in [0, 0.1) is 23.7 Å². The van der Waals surface area contributed by atoms with Crippen molar-refractivity contribution < 1.29 is 19.1 Å². The molecule has 0 N–H and O–H groups in total. The van der Waals surface area contributed by atoms with Gasteiger partial charge < -0.3 is 9.47 Å². The number of ether oxygens (including phenoxy) is 2. The highest BCUT2D eigenvalue weighted by Crippen LogP contribution is 2.62. The Morgan fingerprint density at radius 2 is 1.87 bits per heavy atom. The maximum atomic E-state index is 12.7. The van der Waals surface area contributed by atoms with Crippen LogP contribution in [0.3, 0.4) is 0 Å². The fraction of sp³-hybridized carbons (Fsp3) is 0.538. The van der Waals surface area contributed by atoms with E-state index in [-0.39, 0.29) is 29.9 Å². The van der Waals surface area contributed by atoms with Gasteiger partial charge >= 0.3 is 11.9 Å². The van der Waals surface area contributed by atoms with Gasteiger partial charge in [0.05, 0.1) is 0 Å². The van der Waals surface area contributed by atoms with E-state index < -0.39 is 6.10 Å². The van der Waals surface area contributed by atoms with E-state index in [1.165, 1.54) is 18.1 Å². The lowest BCUT2D eigenvalue weighted by Gasteiger charge is -2.37. The number of hydrogen-bond donors (Lipinski definition) is 0. The van der Waals surface area contributed by atoms with Gasteiger partial charge in [-0.2, -0.15) is 0 Å². The maximum Gasteiger partial charge on any atom is 0.333 e. The number of hydrogen-bond acceptors (Lipinski definition) is 4. The Balaban J connectivity index is 1.77. The summed E-state index contributed by atoms with van der Waals surface area (Å²) in [5, 5.41) is 0. The molecule has 4 heteroatoms. The second kappa shape index (κ2) is 9.63. The zero-order chi connectivity index (χ0) is 21.8. The van der Waals surface area contributed by atoms with Crippen molar-refractivity contribution in [3.63, 3.8) is 0 Å². The minimum absolute atomic E-state index is 0.196. The SMILES string of the molecule is C=CC/C=C\C1=C(C)C2C(C1)C1CC2C(OC(=O)C(=C)CC/C=C\C)C1OC(C)=O. The second-order valence-electron chi connectivity index (χ2n) is 8.75. The van der Waals surface area contributed by atoms with E-state index in [2.05, 4.69) is 32.2 Å². The molecule has 0 radical (unpaired) electrons. The molecule has 3 rings (SSSR count). The molecule has 0 amide bonds. The number of carbonyl (C=O) groups excluding carboxylic acids is 2. The van der Waals surface area contributed by atoms with E-state index in [0.717, 1.165) is 25.7 Å². The lowest BCUT2D eigenvalue weighted by Crippen LogP contribution is -2.45. The van der Waals surface area contributed by atoms with E-state index in [4.69, 9.17) is 9.47 Å². The molecule has 2 bridgehead atoms. The largest absolute Gasteiger partial charge is 0.458 e. The first-order valence-corrected chi connectivity index (χ1v) is 11.0. The number of allylic oxidation sites excluding steroid dienone is 7. The molecule has 0 aromatic heterocycles. The van der Waals surface area contributed by atoms with Gasteiger partial charge in [0.15, 0.2) is 0 Å². The van der Waals surface area contributed by atoms with E-state index in [1.54, 1.807) is 0 Å². The van der Waals surface area contributed by atoms with E-state index in [0.29, 0.717) is 23.8 Å². The van der Waals surface area contributed by atoms with Gasteiger partial charge in [-0.05, 0) is 63.4 Å².